The first kappa shape index (κ1) is 16.3. The van der Waals surface area contributed by atoms with Gasteiger partial charge in [0.25, 0.3) is 0 Å². The fourth-order valence-corrected chi connectivity index (χ4v) is 1.14. The summed E-state index contributed by atoms with van der Waals surface area (Å²) < 4.78 is 12.6. The van der Waals surface area contributed by atoms with Crippen molar-refractivity contribution in [3.8, 4) is 0 Å². The van der Waals surface area contributed by atoms with Gasteiger partial charge in [-0.2, -0.15) is 0 Å². The third-order valence-electron chi connectivity index (χ3n) is 1.95. The molecule has 0 aliphatic carbocycles. The van der Waals surface area contributed by atoms with E-state index < -0.39 is 0 Å². The first-order valence-electron chi connectivity index (χ1n) is 5.14. The van der Waals surface area contributed by atoms with Crippen LogP contribution in [0.3, 0.4) is 0 Å². The molecule has 0 fully saturated rings. The van der Waals surface area contributed by atoms with E-state index in [4.69, 9.17) is 5.73 Å². The number of hydrogen-bond donors (Lipinski definition) is 3. The maximum Gasteiger partial charge on any atom is 0.243 e. The zero-order chi connectivity index (χ0) is 12.7. The first-order valence-corrected chi connectivity index (χ1v) is 5.14. The molecule has 0 aliphatic rings. The summed E-state index contributed by atoms with van der Waals surface area (Å²) in [5.41, 5.74) is 5.65. The third kappa shape index (κ3) is 6.17. The molecule has 0 radical (unpaired) electrons. The highest BCUT2D eigenvalue weighted by Gasteiger charge is 2.05. The van der Waals surface area contributed by atoms with Crippen LogP contribution in [0, 0.1) is 5.82 Å². The summed E-state index contributed by atoms with van der Waals surface area (Å²) in [6, 6.07) is 5.36. The molecule has 0 aromatic heterocycles. The van der Waals surface area contributed by atoms with Gasteiger partial charge in [0.05, 0.1) is 6.54 Å². The van der Waals surface area contributed by atoms with Crippen LogP contribution in [0.4, 0.5) is 10.1 Å². The quantitative estimate of drug-likeness (QED) is 0.738. The Hall–Kier alpha value is -1.66. The number of rotatable bonds is 5. The fraction of sp³-hybridized carbons (Fsp3) is 0.273. The van der Waals surface area contributed by atoms with E-state index in [9.17, 15) is 14.0 Å². The average Bonchev–Trinajstić information content (AvgIpc) is 2.30. The molecular weight excluding hydrogens is 261 g/mol. The Kier molecular flexibility index (Phi) is 7.66. The highest BCUT2D eigenvalue weighted by Crippen LogP contribution is 2.07. The Morgan fingerprint density at radius 2 is 1.78 bits per heavy atom. The molecule has 0 spiro atoms. The van der Waals surface area contributed by atoms with E-state index in [-0.39, 0.29) is 49.5 Å². The molecule has 0 aliphatic heterocycles. The van der Waals surface area contributed by atoms with Gasteiger partial charge in [-0.25, -0.2) is 4.39 Å². The van der Waals surface area contributed by atoms with E-state index in [0.717, 1.165) is 0 Å². The second-order valence-electron chi connectivity index (χ2n) is 3.37. The van der Waals surface area contributed by atoms with Crippen molar-refractivity contribution < 1.29 is 14.0 Å². The lowest BCUT2D eigenvalue weighted by Gasteiger charge is -2.06. The highest BCUT2D eigenvalue weighted by molar-refractivity contribution is 5.94. The van der Waals surface area contributed by atoms with Crippen molar-refractivity contribution in [1.29, 1.82) is 0 Å². The summed E-state index contributed by atoms with van der Waals surface area (Å²) in [4.78, 5) is 22.4. The van der Waals surface area contributed by atoms with Crippen LogP contribution in [-0.4, -0.2) is 24.9 Å². The molecule has 0 unspecified atom stereocenters. The molecule has 1 rings (SSSR count). The number of nitrogens with one attached hydrogen (secondary N) is 2. The van der Waals surface area contributed by atoms with Gasteiger partial charge in [-0.1, -0.05) is 0 Å². The van der Waals surface area contributed by atoms with Gasteiger partial charge in [-0.15, -0.1) is 12.4 Å². The standard InChI is InChI=1S/C11H14FN3O2.ClH/c12-8-1-3-9(4-2-8)15-11(17)7-14-10(16)5-6-13;/h1-4H,5-7,13H2,(H,14,16)(H,15,17);1H. The normalized spacial score (nSPS) is 9.22. The molecular formula is C11H15ClFN3O2. The van der Waals surface area contributed by atoms with Crippen LogP contribution in [-0.2, 0) is 9.59 Å². The fourth-order valence-electron chi connectivity index (χ4n) is 1.14. The smallest absolute Gasteiger partial charge is 0.243 e. The van der Waals surface area contributed by atoms with E-state index in [1.54, 1.807) is 0 Å². The molecule has 0 atom stereocenters. The summed E-state index contributed by atoms with van der Waals surface area (Å²) in [6.45, 7) is 0.113. The minimum Gasteiger partial charge on any atom is -0.347 e. The molecule has 1 aromatic carbocycles. The Morgan fingerprint density at radius 1 is 1.17 bits per heavy atom. The molecule has 0 saturated heterocycles. The maximum atomic E-state index is 12.6. The summed E-state index contributed by atoms with van der Waals surface area (Å²) in [7, 11) is 0. The second-order valence-corrected chi connectivity index (χ2v) is 3.37. The monoisotopic (exact) mass is 275 g/mol. The molecule has 2 amide bonds. The number of anilines is 1. The van der Waals surface area contributed by atoms with Gasteiger partial charge in [-0.3, -0.25) is 9.59 Å². The molecule has 18 heavy (non-hydrogen) atoms. The van der Waals surface area contributed by atoms with Crippen molar-refractivity contribution in [3.05, 3.63) is 30.1 Å². The van der Waals surface area contributed by atoms with Gasteiger partial charge in [0.2, 0.25) is 11.8 Å². The number of amides is 2. The number of hydrogen-bond acceptors (Lipinski definition) is 3. The molecule has 100 valence electrons. The SMILES string of the molecule is Cl.NCCC(=O)NCC(=O)Nc1ccc(F)cc1. The van der Waals surface area contributed by atoms with Crippen LogP contribution in [0.5, 0.6) is 0 Å². The third-order valence-corrected chi connectivity index (χ3v) is 1.95. The van der Waals surface area contributed by atoms with Crippen LogP contribution in [0.1, 0.15) is 6.42 Å². The van der Waals surface area contributed by atoms with Crippen LogP contribution in [0.15, 0.2) is 24.3 Å². The van der Waals surface area contributed by atoms with Crippen molar-refractivity contribution in [1.82, 2.24) is 5.32 Å². The summed E-state index contributed by atoms with van der Waals surface area (Å²) in [5, 5.41) is 4.92. The Morgan fingerprint density at radius 3 is 2.33 bits per heavy atom. The van der Waals surface area contributed by atoms with E-state index in [1.807, 2.05) is 0 Å². The lowest BCUT2D eigenvalue weighted by molar-refractivity contribution is -0.124. The van der Waals surface area contributed by atoms with Crippen molar-refractivity contribution in [2.75, 3.05) is 18.4 Å². The van der Waals surface area contributed by atoms with Gasteiger partial charge >= 0.3 is 0 Å². The van der Waals surface area contributed by atoms with Gasteiger partial charge < -0.3 is 16.4 Å². The summed E-state index contributed by atoms with van der Waals surface area (Å²) in [6.07, 6.45) is 0.184. The Balaban J connectivity index is 0.00000289. The topological polar surface area (TPSA) is 84.2 Å². The van der Waals surface area contributed by atoms with Crippen molar-refractivity contribution in [2.45, 2.75) is 6.42 Å². The highest BCUT2D eigenvalue weighted by atomic mass is 35.5. The predicted molar refractivity (Wildman–Crippen MR) is 69.0 cm³/mol. The molecule has 0 bridgehead atoms. The predicted octanol–water partition coefficient (Wildman–Crippen LogP) is 0.651. The van der Waals surface area contributed by atoms with Crippen LogP contribution in [0.2, 0.25) is 0 Å². The zero-order valence-corrected chi connectivity index (χ0v) is 10.4. The molecule has 1 aromatic rings. The largest absolute Gasteiger partial charge is 0.347 e. The Labute approximate surface area is 110 Å². The molecule has 4 N–H and O–H groups in total. The molecule has 7 heteroatoms. The average molecular weight is 276 g/mol. The van der Waals surface area contributed by atoms with E-state index in [1.165, 1.54) is 24.3 Å². The van der Waals surface area contributed by atoms with E-state index in [2.05, 4.69) is 10.6 Å². The molecule has 0 heterocycles. The Bertz CT molecular complexity index is 398. The molecule has 5 nitrogen and oxygen atoms in total. The van der Waals surface area contributed by atoms with Gasteiger partial charge in [0.15, 0.2) is 0 Å². The van der Waals surface area contributed by atoms with Gasteiger partial charge in [-0.05, 0) is 24.3 Å². The van der Waals surface area contributed by atoms with E-state index >= 15 is 0 Å². The molecule has 0 saturated carbocycles. The summed E-state index contributed by atoms with van der Waals surface area (Å²) >= 11 is 0. The van der Waals surface area contributed by atoms with Crippen molar-refractivity contribution in [2.24, 2.45) is 5.73 Å². The lowest BCUT2D eigenvalue weighted by Crippen LogP contribution is -2.33. The zero-order valence-electron chi connectivity index (χ0n) is 9.61. The van der Waals surface area contributed by atoms with Gasteiger partial charge in [0.1, 0.15) is 5.82 Å². The summed E-state index contributed by atoms with van der Waals surface area (Å²) in [5.74, 6) is -1.03. The number of carbonyl (C=O) groups is 2. The van der Waals surface area contributed by atoms with E-state index in [0.29, 0.717) is 5.69 Å². The van der Waals surface area contributed by atoms with Crippen molar-refractivity contribution in [3.63, 3.8) is 0 Å². The number of nitrogens with two attached hydrogens (primary N) is 1. The number of halogens is 2. The lowest BCUT2D eigenvalue weighted by atomic mass is 10.3. The number of carbonyl (C=O) groups excluding carboxylic acids is 2. The minimum absolute atomic E-state index is 0. The van der Waals surface area contributed by atoms with Crippen LogP contribution < -0.4 is 16.4 Å². The van der Waals surface area contributed by atoms with Crippen molar-refractivity contribution >= 4 is 29.9 Å². The van der Waals surface area contributed by atoms with Crippen LogP contribution in [0.25, 0.3) is 0 Å². The first-order chi connectivity index (χ1) is 8.11. The maximum absolute atomic E-state index is 12.6. The van der Waals surface area contributed by atoms with Crippen LogP contribution >= 0.6 is 12.4 Å². The minimum atomic E-state index is -0.376. The number of benzene rings is 1. The second kappa shape index (κ2) is 8.43. The van der Waals surface area contributed by atoms with Gasteiger partial charge in [0, 0.05) is 18.7 Å².